The van der Waals surface area contributed by atoms with Gasteiger partial charge in [0, 0.05) is 17.0 Å². The first kappa shape index (κ1) is 18.7. The number of imidazole rings is 1. The summed E-state index contributed by atoms with van der Waals surface area (Å²) in [5, 5.41) is 7.27. The number of hydrogen-bond donors (Lipinski definition) is 1. The number of alkyl halides is 3. The average Bonchev–Trinajstić information content (AvgIpc) is 3.16. The summed E-state index contributed by atoms with van der Waals surface area (Å²) in [6, 6.07) is 5.69. The van der Waals surface area contributed by atoms with Gasteiger partial charge in [-0.25, -0.2) is 15.0 Å². The van der Waals surface area contributed by atoms with E-state index in [1.54, 1.807) is 6.21 Å². The number of hydrazone groups is 1. The number of nitrogens with one attached hydrogen (secondary N) is 1. The second-order valence-corrected chi connectivity index (χ2v) is 9.14. The molecule has 3 aromatic heterocycles. The lowest BCUT2D eigenvalue weighted by Gasteiger charge is -2.13. The monoisotopic (exact) mass is 458 g/mol. The van der Waals surface area contributed by atoms with E-state index in [0.29, 0.717) is 22.2 Å². The van der Waals surface area contributed by atoms with Crippen LogP contribution < -0.4 is 5.43 Å². The molecule has 0 amide bonds. The van der Waals surface area contributed by atoms with Crippen molar-refractivity contribution < 1.29 is 0 Å². The van der Waals surface area contributed by atoms with Gasteiger partial charge in [0.05, 0.1) is 11.7 Å². The first-order valence-electron chi connectivity index (χ1n) is 7.58. The third-order valence-corrected chi connectivity index (χ3v) is 5.26. The van der Waals surface area contributed by atoms with E-state index in [1.807, 2.05) is 41.1 Å². The van der Waals surface area contributed by atoms with E-state index in [9.17, 15) is 0 Å². The summed E-state index contributed by atoms with van der Waals surface area (Å²) in [6.45, 7) is 1.97. The van der Waals surface area contributed by atoms with Gasteiger partial charge in [-0.2, -0.15) is 5.10 Å². The van der Waals surface area contributed by atoms with Gasteiger partial charge in [0.2, 0.25) is 3.79 Å². The van der Waals surface area contributed by atoms with E-state index < -0.39 is 3.79 Å². The molecule has 0 saturated heterocycles. The van der Waals surface area contributed by atoms with E-state index in [-0.39, 0.29) is 5.82 Å². The normalized spacial score (nSPS) is 12.5. The molecule has 0 unspecified atom stereocenters. The fraction of sp³-hybridized carbons (Fsp3) is 0.125. The van der Waals surface area contributed by atoms with Gasteiger partial charge in [0.15, 0.2) is 21.8 Å². The van der Waals surface area contributed by atoms with Crippen LogP contribution in [0, 0.1) is 6.92 Å². The second kappa shape index (κ2) is 7.07. The highest BCUT2D eigenvalue weighted by molar-refractivity contribution is 7.15. The van der Waals surface area contributed by atoms with Crippen LogP contribution in [0.4, 0.5) is 5.82 Å². The molecule has 0 aliphatic carbocycles. The van der Waals surface area contributed by atoms with E-state index in [2.05, 4.69) is 25.5 Å². The Labute approximate surface area is 177 Å². The summed E-state index contributed by atoms with van der Waals surface area (Å²) >= 11 is 25.5. The maximum Gasteiger partial charge on any atom is 0.250 e. The molecule has 11 heteroatoms. The number of rotatable bonds is 3. The van der Waals surface area contributed by atoms with Crippen molar-refractivity contribution in [3.63, 3.8) is 0 Å². The van der Waals surface area contributed by atoms with Crippen molar-refractivity contribution in [3.8, 4) is 0 Å². The van der Waals surface area contributed by atoms with Crippen molar-refractivity contribution in [1.29, 1.82) is 0 Å². The smallest absolute Gasteiger partial charge is 0.250 e. The van der Waals surface area contributed by atoms with Crippen LogP contribution in [0.2, 0.25) is 5.15 Å². The predicted molar refractivity (Wildman–Crippen MR) is 113 cm³/mol. The number of anilines is 1. The average molecular weight is 460 g/mol. The number of halogens is 4. The Kier molecular flexibility index (Phi) is 4.90. The fourth-order valence-corrected chi connectivity index (χ4v) is 3.75. The van der Waals surface area contributed by atoms with Crippen LogP contribution in [-0.4, -0.2) is 25.6 Å². The molecule has 0 aliphatic rings. The second-order valence-electron chi connectivity index (χ2n) is 5.63. The summed E-state index contributed by atoms with van der Waals surface area (Å²) < 4.78 is 0.0873. The molecule has 0 bridgehead atoms. The molecular formula is C16H10Cl4N6S. The van der Waals surface area contributed by atoms with Crippen molar-refractivity contribution in [1.82, 2.24) is 19.4 Å². The molecule has 0 aliphatic heterocycles. The first-order chi connectivity index (χ1) is 12.8. The Morgan fingerprint density at radius 1 is 1.22 bits per heavy atom. The zero-order valence-electron chi connectivity index (χ0n) is 13.6. The minimum absolute atomic E-state index is 0.0594. The molecule has 1 aromatic carbocycles. The van der Waals surface area contributed by atoms with Crippen molar-refractivity contribution in [2.24, 2.45) is 5.10 Å². The molecule has 4 rings (SSSR count). The summed E-state index contributed by atoms with van der Waals surface area (Å²) in [5.41, 5.74) is 5.22. The van der Waals surface area contributed by atoms with Crippen molar-refractivity contribution in [2.45, 2.75) is 10.7 Å². The SMILES string of the molecule is Cc1ccc2nc(C(Cl)(Cl)Cl)nc(NN=Cc3c(Cl)nc4sccn34)c2c1. The quantitative estimate of drug-likeness (QED) is 0.247. The summed E-state index contributed by atoms with van der Waals surface area (Å²) in [5.74, 6) is 0.479. The lowest BCUT2D eigenvalue weighted by molar-refractivity contribution is 0.992. The lowest BCUT2D eigenvalue weighted by Crippen LogP contribution is -2.09. The Hall–Kier alpha value is -1.64. The Bertz CT molecular complexity index is 1180. The summed E-state index contributed by atoms with van der Waals surface area (Å²) in [6.07, 6.45) is 3.43. The van der Waals surface area contributed by atoms with Crippen molar-refractivity contribution in [3.05, 3.63) is 52.0 Å². The molecule has 3 heterocycles. The van der Waals surface area contributed by atoms with Gasteiger partial charge in [0.25, 0.3) is 0 Å². The number of nitrogens with zero attached hydrogens (tertiary/aromatic N) is 5. The largest absolute Gasteiger partial charge is 0.288 e. The van der Waals surface area contributed by atoms with Gasteiger partial charge in [0.1, 0.15) is 5.69 Å². The number of benzene rings is 1. The third-order valence-electron chi connectivity index (χ3n) is 3.72. The molecule has 0 fully saturated rings. The van der Waals surface area contributed by atoms with Crippen LogP contribution in [-0.2, 0) is 3.79 Å². The topological polar surface area (TPSA) is 67.5 Å². The predicted octanol–water partition coefficient (Wildman–Crippen LogP) is 5.57. The minimum atomic E-state index is -1.75. The molecule has 138 valence electrons. The maximum atomic E-state index is 6.17. The summed E-state index contributed by atoms with van der Waals surface area (Å²) in [4.78, 5) is 13.7. The molecule has 0 radical (unpaired) electrons. The van der Waals surface area contributed by atoms with Gasteiger partial charge in [-0.15, -0.1) is 11.3 Å². The van der Waals surface area contributed by atoms with Crippen LogP contribution in [0.15, 0.2) is 34.9 Å². The number of aryl methyl sites for hydroxylation is 1. The van der Waals surface area contributed by atoms with Crippen molar-refractivity contribution >= 4 is 85.6 Å². The number of aromatic nitrogens is 4. The Morgan fingerprint density at radius 2 is 2.04 bits per heavy atom. The molecular weight excluding hydrogens is 450 g/mol. The zero-order chi connectivity index (χ0) is 19.2. The van der Waals surface area contributed by atoms with E-state index in [4.69, 9.17) is 46.4 Å². The Balaban J connectivity index is 1.75. The van der Waals surface area contributed by atoms with Crippen LogP contribution in [0.1, 0.15) is 17.1 Å². The van der Waals surface area contributed by atoms with Crippen LogP contribution in [0.3, 0.4) is 0 Å². The zero-order valence-corrected chi connectivity index (χ0v) is 17.5. The van der Waals surface area contributed by atoms with Gasteiger partial charge in [-0.05, 0) is 19.1 Å². The van der Waals surface area contributed by atoms with E-state index in [0.717, 1.165) is 15.9 Å². The Morgan fingerprint density at radius 3 is 2.81 bits per heavy atom. The number of fused-ring (bicyclic) bond motifs is 2. The van der Waals surface area contributed by atoms with Crippen molar-refractivity contribution in [2.75, 3.05) is 5.43 Å². The van der Waals surface area contributed by atoms with Gasteiger partial charge in [-0.1, -0.05) is 58.0 Å². The molecule has 4 aromatic rings. The highest BCUT2D eigenvalue weighted by atomic mass is 35.6. The number of thiazole rings is 1. The maximum absolute atomic E-state index is 6.17. The van der Waals surface area contributed by atoms with Gasteiger partial charge < -0.3 is 0 Å². The molecule has 0 saturated carbocycles. The van der Waals surface area contributed by atoms with Crippen LogP contribution in [0.25, 0.3) is 15.9 Å². The molecule has 6 nitrogen and oxygen atoms in total. The third kappa shape index (κ3) is 3.70. The minimum Gasteiger partial charge on any atom is -0.288 e. The molecule has 1 N–H and O–H groups in total. The molecule has 0 atom stereocenters. The molecule has 0 spiro atoms. The first-order valence-corrected chi connectivity index (χ1v) is 9.98. The summed E-state index contributed by atoms with van der Waals surface area (Å²) in [7, 11) is 0. The highest BCUT2D eigenvalue weighted by Crippen LogP contribution is 2.37. The van der Waals surface area contributed by atoms with Gasteiger partial charge in [-0.3, -0.25) is 9.83 Å². The number of hydrogen-bond acceptors (Lipinski definition) is 6. The van der Waals surface area contributed by atoms with E-state index in [1.165, 1.54) is 11.3 Å². The van der Waals surface area contributed by atoms with Crippen LogP contribution in [0.5, 0.6) is 0 Å². The highest BCUT2D eigenvalue weighted by Gasteiger charge is 2.28. The van der Waals surface area contributed by atoms with Crippen LogP contribution >= 0.6 is 57.7 Å². The standard InChI is InChI=1S/C16H10Cl4N6S/c1-8-2-3-10-9(6-8)13(24-14(22-10)16(18,19)20)25-21-7-11-12(17)23-15-26(11)4-5-27-15/h2-7H,1H3,(H,22,24,25). The lowest BCUT2D eigenvalue weighted by atomic mass is 10.1. The van der Waals surface area contributed by atoms with E-state index >= 15 is 0 Å². The molecule has 27 heavy (non-hydrogen) atoms. The fourth-order valence-electron chi connectivity index (χ4n) is 2.50. The van der Waals surface area contributed by atoms with Gasteiger partial charge >= 0.3 is 0 Å².